The van der Waals surface area contributed by atoms with E-state index in [2.05, 4.69) is 25.7 Å². The Hall–Kier alpha value is -4.18. The van der Waals surface area contributed by atoms with Crippen LogP contribution >= 0.6 is 0 Å². The summed E-state index contributed by atoms with van der Waals surface area (Å²) in [5, 5.41) is 22.6. The Kier molecular flexibility index (Phi) is 9.49. The van der Waals surface area contributed by atoms with E-state index in [-0.39, 0.29) is 23.9 Å². The first-order chi connectivity index (χ1) is 21.0. The molecule has 0 radical (unpaired) electrons. The van der Waals surface area contributed by atoms with Gasteiger partial charge in [-0.3, -0.25) is 4.57 Å². The van der Waals surface area contributed by atoms with Crippen LogP contribution < -0.4 is 4.74 Å². The zero-order valence-electron chi connectivity index (χ0n) is 27.5. The van der Waals surface area contributed by atoms with Crippen molar-refractivity contribution in [3.05, 3.63) is 59.0 Å². The second-order valence-electron chi connectivity index (χ2n) is 13.5. The van der Waals surface area contributed by atoms with Crippen LogP contribution in [0.4, 0.5) is 4.79 Å². The number of fused-ring (bicyclic) bond motifs is 2. The largest absolute Gasteiger partial charge is 0.481 e. The number of ether oxygens (including phenoxy) is 4. The van der Waals surface area contributed by atoms with Gasteiger partial charge in [-0.25, -0.2) is 14.6 Å². The Balaban J connectivity index is 1.95. The minimum absolute atomic E-state index is 0.102. The van der Waals surface area contributed by atoms with E-state index in [0.717, 1.165) is 6.04 Å². The molecule has 2 aromatic carbocycles. The minimum Gasteiger partial charge on any atom is -0.481 e. The van der Waals surface area contributed by atoms with E-state index in [1.54, 1.807) is 75.7 Å². The predicted molar refractivity (Wildman–Crippen MR) is 173 cm³/mol. The molecule has 240 valence electrons. The van der Waals surface area contributed by atoms with Crippen molar-refractivity contribution in [3.63, 3.8) is 0 Å². The van der Waals surface area contributed by atoms with Gasteiger partial charge in [0.15, 0.2) is 6.61 Å². The molecule has 0 aliphatic heterocycles. The normalized spacial score (nSPS) is 13.4. The summed E-state index contributed by atoms with van der Waals surface area (Å²) in [6.45, 7) is 15.8. The molecule has 0 bridgehead atoms. The van der Waals surface area contributed by atoms with Gasteiger partial charge in [-0.15, -0.1) is 0 Å². The molecule has 1 N–H and O–H groups in total. The quantitative estimate of drug-likeness (QED) is 0.125. The van der Waals surface area contributed by atoms with E-state index >= 15 is 0 Å². The smallest absolute Gasteiger partial charge is 0.419 e. The fourth-order valence-corrected chi connectivity index (χ4v) is 5.89. The van der Waals surface area contributed by atoms with Crippen LogP contribution in [0.2, 0.25) is 25.7 Å². The van der Waals surface area contributed by atoms with Crippen LogP contribution in [0, 0.1) is 18.3 Å². The highest BCUT2D eigenvalue weighted by molar-refractivity contribution is 6.76. The zero-order chi connectivity index (χ0) is 33.3. The van der Waals surface area contributed by atoms with Crippen molar-refractivity contribution < 1.29 is 33.6 Å². The summed E-state index contributed by atoms with van der Waals surface area (Å²) in [5.41, 5.74) is 0.468. The maximum absolute atomic E-state index is 13.2. The zero-order valence-corrected chi connectivity index (χ0v) is 28.5. The maximum Gasteiger partial charge on any atom is 0.419 e. The highest BCUT2D eigenvalue weighted by atomic mass is 28.3. The first-order valence-corrected chi connectivity index (χ1v) is 18.5. The van der Waals surface area contributed by atoms with Gasteiger partial charge in [0.2, 0.25) is 0 Å². The molecule has 2 aromatic heterocycles. The number of rotatable bonds is 10. The molecule has 12 heteroatoms. The number of imidazole rings is 1. The van der Waals surface area contributed by atoms with Gasteiger partial charge >= 0.3 is 12.1 Å². The molecule has 45 heavy (non-hydrogen) atoms. The van der Waals surface area contributed by atoms with Crippen LogP contribution in [0.15, 0.2) is 36.5 Å². The van der Waals surface area contributed by atoms with Crippen molar-refractivity contribution in [3.8, 4) is 11.8 Å². The third kappa shape index (κ3) is 7.38. The molecule has 2 heterocycles. The molecular formula is C33H42N4O7Si. The molecule has 1 unspecified atom stereocenters. The lowest BCUT2D eigenvalue weighted by Crippen LogP contribution is -2.30. The van der Waals surface area contributed by atoms with Gasteiger partial charge in [0.1, 0.15) is 29.5 Å². The Morgan fingerprint density at radius 2 is 1.82 bits per heavy atom. The predicted octanol–water partition coefficient (Wildman–Crippen LogP) is 6.07. The average Bonchev–Trinajstić information content (AvgIpc) is 3.55. The van der Waals surface area contributed by atoms with Crippen LogP contribution in [-0.4, -0.2) is 65.3 Å². The number of aryl methyl sites for hydroxylation is 1. The highest BCUT2D eigenvalue weighted by Crippen LogP contribution is 2.43. The SMILES string of the molecule is COC(=O)COc1cc(C)c2c(ccn2C(=O)OC(C)(C)C)c1C(C)(O)c1nc2cc(C#N)ccc2n1COCC[Si](C)(C)C. The molecule has 11 nitrogen and oxygen atoms in total. The number of esters is 1. The van der Waals surface area contributed by atoms with Crippen LogP contribution in [0.25, 0.3) is 21.9 Å². The minimum atomic E-state index is -1.84. The van der Waals surface area contributed by atoms with Gasteiger partial charge in [-0.1, -0.05) is 19.6 Å². The van der Waals surface area contributed by atoms with E-state index in [9.17, 15) is 20.0 Å². The lowest BCUT2D eigenvalue weighted by atomic mass is 9.89. The number of carbonyl (C=O) groups excluding carboxylic acids is 2. The maximum atomic E-state index is 13.2. The lowest BCUT2D eigenvalue weighted by Gasteiger charge is -2.28. The van der Waals surface area contributed by atoms with Crippen molar-refractivity contribution in [2.45, 2.75) is 78.2 Å². The van der Waals surface area contributed by atoms with Gasteiger partial charge in [-0.05, 0) is 76.6 Å². The molecule has 4 rings (SSSR count). The Morgan fingerprint density at radius 1 is 1.11 bits per heavy atom. The number of aliphatic hydroxyl groups is 1. The van der Waals surface area contributed by atoms with Crippen LogP contribution in [0.1, 0.15) is 50.2 Å². The summed E-state index contributed by atoms with van der Waals surface area (Å²) in [7, 11) is -0.103. The van der Waals surface area contributed by atoms with E-state index in [4.69, 9.17) is 23.9 Å². The van der Waals surface area contributed by atoms with Crippen LogP contribution in [0.5, 0.6) is 5.75 Å². The summed E-state index contributed by atoms with van der Waals surface area (Å²) in [5.74, 6) is -0.149. The number of benzene rings is 2. The number of methoxy groups -OCH3 is 1. The molecule has 1 atom stereocenters. The first kappa shape index (κ1) is 33.7. The van der Waals surface area contributed by atoms with Crippen molar-refractivity contribution >= 4 is 42.1 Å². The van der Waals surface area contributed by atoms with Gasteiger partial charge in [0.25, 0.3) is 0 Å². The van der Waals surface area contributed by atoms with E-state index in [1.165, 1.54) is 11.7 Å². The molecule has 4 aromatic rings. The lowest BCUT2D eigenvalue weighted by molar-refractivity contribution is -0.143. The Bertz CT molecular complexity index is 1790. The number of hydrogen-bond donors (Lipinski definition) is 1. The third-order valence-electron chi connectivity index (χ3n) is 7.30. The van der Waals surface area contributed by atoms with Gasteiger partial charge in [0, 0.05) is 31.8 Å². The first-order valence-electron chi connectivity index (χ1n) is 14.8. The molecule has 0 fully saturated rings. The highest BCUT2D eigenvalue weighted by Gasteiger charge is 2.38. The fraction of sp³-hybridized carbons (Fsp3) is 0.455. The molecule has 0 aliphatic carbocycles. The van der Waals surface area contributed by atoms with Gasteiger partial charge in [-0.2, -0.15) is 5.26 Å². The molecule has 0 aliphatic rings. The number of carbonyl (C=O) groups is 2. The topological polar surface area (TPSA) is 138 Å². The van der Waals surface area contributed by atoms with Crippen LogP contribution in [-0.2, 0) is 31.3 Å². The molecule has 0 amide bonds. The van der Waals surface area contributed by atoms with Crippen molar-refractivity contribution in [2.75, 3.05) is 20.3 Å². The number of hydrogen-bond acceptors (Lipinski definition) is 9. The van der Waals surface area contributed by atoms with Crippen molar-refractivity contribution in [1.82, 2.24) is 14.1 Å². The molecule has 0 saturated heterocycles. The summed E-state index contributed by atoms with van der Waals surface area (Å²) >= 11 is 0. The number of nitrogens with zero attached hydrogens (tertiary/aromatic N) is 4. The van der Waals surface area contributed by atoms with Crippen molar-refractivity contribution in [1.29, 1.82) is 5.26 Å². The average molecular weight is 635 g/mol. The standard InChI is InChI=1S/C33H42N4O7Si/c1-21-16-26(43-19-27(38)41-6)28(23-12-13-36(29(21)23)31(39)44-32(2,3)4)33(5,40)30-35-24-17-22(18-34)10-11-25(24)37(30)20-42-14-15-45(7,8)9/h10-13,16-17,40H,14-15,19-20H2,1-9H3. The fourth-order valence-electron chi connectivity index (χ4n) is 5.13. The monoisotopic (exact) mass is 634 g/mol. The van der Waals surface area contributed by atoms with Crippen molar-refractivity contribution in [2.24, 2.45) is 0 Å². The van der Waals surface area contributed by atoms with E-state index in [1.807, 2.05) is 0 Å². The number of aromatic nitrogens is 3. The Morgan fingerprint density at radius 3 is 2.44 bits per heavy atom. The van der Waals surface area contributed by atoms with Crippen LogP contribution in [0.3, 0.4) is 0 Å². The van der Waals surface area contributed by atoms with E-state index in [0.29, 0.717) is 39.7 Å². The molecule has 0 spiro atoms. The number of nitriles is 1. The summed E-state index contributed by atoms with van der Waals surface area (Å²) in [4.78, 5) is 30.2. The molecular weight excluding hydrogens is 592 g/mol. The van der Waals surface area contributed by atoms with Gasteiger partial charge in [0.05, 0.1) is 35.3 Å². The molecule has 0 saturated carbocycles. The second-order valence-corrected chi connectivity index (χ2v) is 19.1. The third-order valence-corrected chi connectivity index (χ3v) is 9.01. The van der Waals surface area contributed by atoms with Gasteiger partial charge < -0.3 is 28.6 Å². The summed E-state index contributed by atoms with van der Waals surface area (Å²) in [6.07, 6.45) is 0.998. The Labute approximate surface area is 264 Å². The second kappa shape index (κ2) is 12.7. The summed E-state index contributed by atoms with van der Waals surface area (Å²) < 4.78 is 25.7. The summed E-state index contributed by atoms with van der Waals surface area (Å²) in [6, 6.07) is 11.6. The van der Waals surface area contributed by atoms with E-state index < -0.39 is 37.9 Å².